The fourth-order valence-electron chi connectivity index (χ4n) is 1.00. The van der Waals surface area contributed by atoms with Crippen molar-refractivity contribution in [2.24, 2.45) is 0 Å². The maximum Gasteiger partial charge on any atom is 0.338 e. The minimum absolute atomic E-state index is 0.00394. The van der Waals surface area contributed by atoms with Crippen LogP contribution < -0.4 is 10.5 Å². The van der Waals surface area contributed by atoms with Gasteiger partial charge in [-0.2, -0.15) is 0 Å². The first kappa shape index (κ1) is 11.3. The van der Waals surface area contributed by atoms with E-state index in [-0.39, 0.29) is 17.1 Å². The Labute approximate surface area is 87.9 Å². The molecule has 5 heteroatoms. The zero-order valence-corrected chi connectivity index (χ0v) is 8.94. The second kappa shape index (κ2) is 3.76. The van der Waals surface area contributed by atoms with Crippen LogP contribution in [0.2, 0.25) is 0 Å². The molecule has 5 nitrogen and oxygen atoms in total. The van der Waals surface area contributed by atoms with Crippen molar-refractivity contribution in [2.75, 3.05) is 5.73 Å². The second-order valence-corrected chi connectivity index (χ2v) is 4.13. The van der Waals surface area contributed by atoms with E-state index in [0.29, 0.717) is 0 Å². The van der Waals surface area contributed by atoms with E-state index < -0.39 is 11.6 Å². The molecular weight excluding hydrogens is 196 g/mol. The number of nitrogen functional groups attached to an aromatic ring is 1. The van der Waals surface area contributed by atoms with E-state index in [4.69, 9.17) is 15.6 Å². The minimum atomic E-state index is -1.09. The third kappa shape index (κ3) is 3.12. The first-order chi connectivity index (χ1) is 6.79. The molecule has 0 atom stereocenters. The Hall–Kier alpha value is -1.78. The van der Waals surface area contributed by atoms with Crippen molar-refractivity contribution in [1.82, 2.24) is 4.98 Å². The van der Waals surface area contributed by atoms with Gasteiger partial charge in [-0.3, -0.25) is 0 Å². The molecule has 0 aromatic carbocycles. The number of aromatic carboxylic acids is 1. The Balaban J connectivity index is 3.03. The molecule has 1 heterocycles. The van der Waals surface area contributed by atoms with Crippen molar-refractivity contribution in [1.29, 1.82) is 0 Å². The second-order valence-electron chi connectivity index (χ2n) is 4.13. The van der Waals surface area contributed by atoms with Crippen molar-refractivity contribution in [3.05, 3.63) is 17.8 Å². The van der Waals surface area contributed by atoms with E-state index >= 15 is 0 Å². The molecule has 1 aromatic rings. The standard InChI is InChI=1S/C10H14N2O3/c1-10(2,3)15-8-4-6(9(13)14)7(11)5-12-8/h4-5H,11H2,1-3H3,(H,13,14). The van der Waals surface area contributed by atoms with E-state index in [2.05, 4.69) is 4.98 Å². The van der Waals surface area contributed by atoms with Gasteiger partial charge in [-0.05, 0) is 20.8 Å². The Bertz CT molecular complexity index is 383. The molecule has 82 valence electrons. The van der Waals surface area contributed by atoms with Gasteiger partial charge in [-0.15, -0.1) is 0 Å². The Morgan fingerprint density at radius 1 is 1.53 bits per heavy atom. The van der Waals surface area contributed by atoms with Gasteiger partial charge in [-0.25, -0.2) is 9.78 Å². The fraction of sp³-hybridized carbons (Fsp3) is 0.400. The van der Waals surface area contributed by atoms with Crippen LogP contribution >= 0.6 is 0 Å². The Morgan fingerprint density at radius 3 is 2.60 bits per heavy atom. The maximum absolute atomic E-state index is 10.8. The summed E-state index contributed by atoms with van der Waals surface area (Å²) in [5.74, 6) is -0.831. The lowest BCUT2D eigenvalue weighted by molar-refractivity contribution is 0.0695. The zero-order chi connectivity index (χ0) is 11.6. The van der Waals surface area contributed by atoms with E-state index in [9.17, 15) is 4.79 Å². The average Bonchev–Trinajstić information content (AvgIpc) is 2.05. The molecule has 0 aliphatic rings. The highest BCUT2D eigenvalue weighted by Gasteiger charge is 2.15. The summed E-state index contributed by atoms with van der Waals surface area (Å²) in [7, 11) is 0. The largest absolute Gasteiger partial charge is 0.478 e. The van der Waals surface area contributed by atoms with E-state index in [1.165, 1.54) is 12.3 Å². The third-order valence-corrected chi connectivity index (χ3v) is 1.55. The number of hydrogen-bond donors (Lipinski definition) is 2. The molecule has 0 radical (unpaired) electrons. The summed E-state index contributed by atoms with van der Waals surface area (Å²) in [5, 5.41) is 8.83. The van der Waals surface area contributed by atoms with Gasteiger partial charge in [-0.1, -0.05) is 0 Å². The van der Waals surface area contributed by atoms with Crippen molar-refractivity contribution in [3.8, 4) is 5.88 Å². The van der Waals surface area contributed by atoms with Crippen molar-refractivity contribution in [3.63, 3.8) is 0 Å². The van der Waals surface area contributed by atoms with Crippen LogP contribution in [0.4, 0.5) is 5.69 Å². The van der Waals surface area contributed by atoms with Crippen LogP contribution in [0.25, 0.3) is 0 Å². The van der Waals surface area contributed by atoms with Gasteiger partial charge in [0.05, 0.1) is 17.4 Å². The summed E-state index contributed by atoms with van der Waals surface area (Å²) < 4.78 is 5.42. The number of aromatic nitrogens is 1. The lowest BCUT2D eigenvalue weighted by atomic mass is 10.2. The van der Waals surface area contributed by atoms with Crippen LogP contribution in [0.1, 0.15) is 31.1 Å². The van der Waals surface area contributed by atoms with Crippen LogP contribution in [-0.2, 0) is 0 Å². The van der Waals surface area contributed by atoms with Gasteiger partial charge in [0, 0.05) is 6.07 Å². The number of ether oxygens (including phenoxy) is 1. The first-order valence-electron chi connectivity index (χ1n) is 4.47. The molecule has 1 rings (SSSR count). The number of carboxylic acid groups (broad SMARTS) is 1. The minimum Gasteiger partial charge on any atom is -0.478 e. The Kier molecular flexibility index (Phi) is 2.83. The molecule has 15 heavy (non-hydrogen) atoms. The summed E-state index contributed by atoms with van der Waals surface area (Å²) in [4.78, 5) is 14.7. The normalized spacial score (nSPS) is 11.1. The highest BCUT2D eigenvalue weighted by molar-refractivity contribution is 5.93. The number of hydrogen-bond acceptors (Lipinski definition) is 4. The van der Waals surface area contributed by atoms with Crippen molar-refractivity contribution in [2.45, 2.75) is 26.4 Å². The predicted molar refractivity (Wildman–Crippen MR) is 56.0 cm³/mol. The zero-order valence-electron chi connectivity index (χ0n) is 8.94. The lowest BCUT2D eigenvalue weighted by Gasteiger charge is -2.20. The van der Waals surface area contributed by atoms with Crippen molar-refractivity contribution >= 4 is 11.7 Å². The summed E-state index contributed by atoms with van der Waals surface area (Å²) in [6.07, 6.45) is 1.28. The van der Waals surface area contributed by atoms with Crippen LogP contribution in [0.5, 0.6) is 5.88 Å². The number of carboxylic acids is 1. The van der Waals surface area contributed by atoms with Gasteiger partial charge < -0.3 is 15.6 Å². The van der Waals surface area contributed by atoms with E-state index in [0.717, 1.165) is 0 Å². The summed E-state index contributed by atoms with van der Waals surface area (Å²) in [5.41, 5.74) is 5.17. The molecule has 0 fully saturated rings. The van der Waals surface area contributed by atoms with E-state index in [1.54, 1.807) is 0 Å². The molecule has 3 N–H and O–H groups in total. The molecule has 0 aliphatic carbocycles. The third-order valence-electron chi connectivity index (χ3n) is 1.55. The van der Waals surface area contributed by atoms with Gasteiger partial charge in [0.2, 0.25) is 5.88 Å². The lowest BCUT2D eigenvalue weighted by Crippen LogP contribution is -2.23. The molecule has 0 bridgehead atoms. The van der Waals surface area contributed by atoms with Crippen LogP contribution in [0, 0.1) is 0 Å². The first-order valence-corrected chi connectivity index (χ1v) is 4.47. The number of nitrogens with two attached hydrogens (primary N) is 1. The highest BCUT2D eigenvalue weighted by atomic mass is 16.5. The van der Waals surface area contributed by atoms with Gasteiger partial charge in [0.1, 0.15) is 5.60 Å². The summed E-state index contributed by atoms with van der Waals surface area (Å²) in [6, 6.07) is 1.32. The fourth-order valence-corrected chi connectivity index (χ4v) is 1.00. The Morgan fingerprint density at radius 2 is 2.13 bits per heavy atom. The maximum atomic E-state index is 10.8. The molecule has 0 unspecified atom stereocenters. The SMILES string of the molecule is CC(C)(C)Oc1cc(C(=O)O)c(N)cn1. The molecule has 0 aliphatic heterocycles. The number of anilines is 1. The van der Waals surface area contributed by atoms with E-state index in [1.807, 2.05) is 20.8 Å². The smallest absolute Gasteiger partial charge is 0.338 e. The molecule has 0 saturated carbocycles. The molecule has 1 aromatic heterocycles. The van der Waals surface area contributed by atoms with Gasteiger partial charge >= 0.3 is 5.97 Å². The summed E-state index contributed by atoms with van der Waals surface area (Å²) >= 11 is 0. The molecule has 0 saturated heterocycles. The number of pyridine rings is 1. The van der Waals surface area contributed by atoms with Crippen LogP contribution in [0.3, 0.4) is 0 Å². The van der Waals surface area contributed by atoms with Crippen LogP contribution in [-0.4, -0.2) is 21.7 Å². The monoisotopic (exact) mass is 210 g/mol. The molecule has 0 amide bonds. The molecular formula is C10H14N2O3. The highest BCUT2D eigenvalue weighted by Crippen LogP contribution is 2.20. The summed E-state index contributed by atoms with van der Waals surface area (Å²) in [6.45, 7) is 5.56. The number of carbonyl (C=O) groups is 1. The predicted octanol–water partition coefficient (Wildman–Crippen LogP) is 1.54. The van der Waals surface area contributed by atoms with Crippen molar-refractivity contribution < 1.29 is 14.6 Å². The average molecular weight is 210 g/mol. The van der Waals surface area contributed by atoms with Gasteiger partial charge in [0.25, 0.3) is 0 Å². The van der Waals surface area contributed by atoms with Gasteiger partial charge in [0.15, 0.2) is 0 Å². The number of rotatable bonds is 2. The topological polar surface area (TPSA) is 85.4 Å². The van der Waals surface area contributed by atoms with Crippen LogP contribution in [0.15, 0.2) is 12.3 Å². The molecule has 0 spiro atoms. The quantitative estimate of drug-likeness (QED) is 0.773. The number of nitrogens with zero attached hydrogens (tertiary/aromatic N) is 1.